The summed E-state index contributed by atoms with van der Waals surface area (Å²) < 4.78 is 0. The van der Waals surface area contributed by atoms with E-state index in [-0.39, 0.29) is 24.2 Å². The van der Waals surface area contributed by atoms with Crippen molar-refractivity contribution in [3.63, 3.8) is 0 Å². The Bertz CT molecular complexity index is 679. The Morgan fingerprint density at radius 2 is 2.25 bits per heavy atom. The van der Waals surface area contributed by atoms with Crippen LogP contribution in [0, 0.1) is 5.92 Å². The van der Waals surface area contributed by atoms with Crippen LogP contribution in [0.25, 0.3) is 10.9 Å². The molecule has 24 heavy (non-hydrogen) atoms. The van der Waals surface area contributed by atoms with Gasteiger partial charge in [0.05, 0.1) is 11.4 Å². The average molecular weight is 349 g/mol. The monoisotopic (exact) mass is 348 g/mol. The van der Waals surface area contributed by atoms with Gasteiger partial charge in [-0.3, -0.25) is 14.7 Å². The molecule has 5 nitrogen and oxygen atoms in total. The molecule has 0 bridgehead atoms. The summed E-state index contributed by atoms with van der Waals surface area (Å²) in [5.74, 6) is 0.222. The van der Waals surface area contributed by atoms with Crippen molar-refractivity contribution in [3.05, 3.63) is 42.1 Å². The van der Waals surface area contributed by atoms with Gasteiger partial charge in [-0.15, -0.1) is 12.4 Å². The minimum absolute atomic E-state index is 0. The van der Waals surface area contributed by atoms with Crippen LogP contribution in [0.15, 0.2) is 36.5 Å². The minimum atomic E-state index is 0. The van der Waals surface area contributed by atoms with Gasteiger partial charge in [0.2, 0.25) is 5.91 Å². The SMILES string of the molecule is Cl.NCCNC(=O)C1CCCN(Cc2ccc3ncccc3c2)C1. The van der Waals surface area contributed by atoms with Crippen molar-refractivity contribution >= 4 is 29.2 Å². The molecule has 1 aromatic heterocycles. The van der Waals surface area contributed by atoms with E-state index in [2.05, 4.69) is 39.5 Å². The standard InChI is InChI=1S/C18H24N4O.ClH/c19-7-9-21-18(23)16-4-2-10-22(13-16)12-14-5-6-17-15(11-14)3-1-8-20-17;/h1,3,5-6,8,11,16H,2,4,7,9-10,12-13,19H2,(H,21,23);1H. The van der Waals surface area contributed by atoms with E-state index in [0.29, 0.717) is 13.1 Å². The molecule has 3 rings (SSSR count). The molecule has 0 spiro atoms. The second kappa shape index (κ2) is 8.97. The molecule has 2 aromatic rings. The molecule has 1 aliphatic heterocycles. The van der Waals surface area contributed by atoms with Gasteiger partial charge in [-0.2, -0.15) is 0 Å². The maximum atomic E-state index is 12.1. The number of carbonyl (C=O) groups is 1. The summed E-state index contributed by atoms with van der Waals surface area (Å²) in [6.07, 6.45) is 3.85. The summed E-state index contributed by atoms with van der Waals surface area (Å²) in [6, 6.07) is 10.4. The van der Waals surface area contributed by atoms with E-state index in [1.165, 1.54) is 10.9 Å². The van der Waals surface area contributed by atoms with Crippen molar-refractivity contribution in [2.75, 3.05) is 26.2 Å². The summed E-state index contributed by atoms with van der Waals surface area (Å²) in [7, 11) is 0. The summed E-state index contributed by atoms with van der Waals surface area (Å²) >= 11 is 0. The molecular weight excluding hydrogens is 324 g/mol. The minimum Gasteiger partial charge on any atom is -0.355 e. The summed E-state index contributed by atoms with van der Waals surface area (Å²) in [4.78, 5) is 18.9. The molecule has 3 N–H and O–H groups in total. The predicted molar refractivity (Wildman–Crippen MR) is 99.1 cm³/mol. The maximum absolute atomic E-state index is 12.1. The van der Waals surface area contributed by atoms with E-state index >= 15 is 0 Å². The zero-order chi connectivity index (χ0) is 16.1. The number of carbonyl (C=O) groups excluding carboxylic acids is 1. The first-order valence-corrected chi connectivity index (χ1v) is 8.30. The maximum Gasteiger partial charge on any atom is 0.224 e. The van der Waals surface area contributed by atoms with Gasteiger partial charge < -0.3 is 11.1 Å². The molecule has 1 aromatic carbocycles. The number of hydrogen-bond acceptors (Lipinski definition) is 4. The van der Waals surface area contributed by atoms with E-state index in [0.717, 1.165) is 38.0 Å². The third kappa shape index (κ3) is 4.66. The second-order valence-corrected chi connectivity index (χ2v) is 6.18. The zero-order valence-electron chi connectivity index (χ0n) is 13.8. The third-order valence-corrected chi connectivity index (χ3v) is 4.39. The number of nitrogens with one attached hydrogen (secondary N) is 1. The molecule has 1 unspecified atom stereocenters. The van der Waals surface area contributed by atoms with Crippen LogP contribution in [-0.4, -0.2) is 42.0 Å². The van der Waals surface area contributed by atoms with Crippen LogP contribution in [0.4, 0.5) is 0 Å². The van der Waals surface area contributed by atoms with E-state index < -0.39 is 0 Å². The van der Waals surface area contributed by atoms with Gasteiger partial charge in [-0.25, -0.2) is 0 Å². The molecule has 0 aliphatic carbocycles. The largest absolute Gasteiger partial charge is 0.355 e. The number of likely N-dealkylation sites (tertiary alicyclic amines) is 1. The average Bonchev–Trinajstić information content (AvgIpc) is 2.60. The summed E-state index contributed by atoms with van der Waals surface area (Å²) in [5, 5.41) is 4.08. The lowest BCUT2D eigenvalue weighted by Gasteiger charge is -2.32. The highest BCUT2D eigenvalue weighted by molar-refractivity contribution is 5.85. The molecule has 1 saturated heterocycles. The van der Waals surface area contributed by atoms with Gasteiger partial charge in [0.15, 0.2) is 0 Å². The molecule has 6 heteroatoms. The first kappa shape index (κ1) is 18.6. The van der Waals surface area contributed by atoms with Crippen LogP contribution < -0.4 is 11.1 Å². The summed E-state index contributed by atoms with van der Waals surface area (Å²) in [5.41, 5.74) is 7.74. The number of halogens is 1. The fraction of sp³-hybridized carbons (Fsp3) is 0.444. The molecule has 2 heterocycles. The van der Waals surface area contributed by atoms with Gasteiger partial charge >= 0.3 is 0 Å². The number of amides is 1. The van der Waals surface area contributed by atoms with Crippen LogP contribution in [0.2, 0.25) is 0 Å². The molecule has 130 valence electrons. The molecule has 1 amide bonds. The number of pyridine rings is 1. The fourth-order valence-electron chi connectivity index (χ4n) is 3.23. The van der Waals surface area contributed by atoms with E-state index in [1.54, 1.807) is 0 Å². The lowest BCUT2D eigenvalue weighted by atomic mass is 9.96. The van der Waals surface area contributed by atoms with Crippen LogP contribution in [-0.2, 0) is 11.3 Å². The molecule has 1 atom stereocenters. The number of fused-ring (bicyclic) bond motifs is 1. The Balaban J connectivity index is 0.00000208. The number of nitrogens with zero attached hydrogens (tertiary/aromatic N) is 2. The van der Waals surface area contributed by atoms with Crippen molar-refractivity contribution in [1.29, 1.82) is 0 Å². The van der Waals surface area contributed by atoms with Gasteiger partial charge in [-0.05, 0) is 43.1 Å². The van der Waals surface area contributed by atoms with Crippen molar-refractivity contribution in [1.82, 2.24) is 15.2 Å². The lowest BCUT2D eigenvalue weighted by molar-refractivity contribution is -0.126. The highest BCUT2D eigenvalue weighted by Crippen LogP contribution is 2.20. The van der Waals surface area contributed by atoms with Gasteiger partial charge in [0.25, 0.3) is 0 Å². The Kier molecular flexibility index (Phi) is 6.97. The smallest absolute Gasteiger partial charge is 0.224 e. The normalized spacial score (nSPS) is 18.1. The van der Waals surface area contributed by atoms with Crippen LogP contribution in [0.1, 0.15) is 18.4 Å². The molecule has 0 radical (unpaired) electrons. The van der Waals surface area contributed by atoms with Crippen molar-refractivity contribution < 1.29 is 4.79 Å². The number of hydrogen-bond donors (Lipinski definition) is 2. The Morgan fingerprint density at radius 3 is 3.08 bits per heavy atom. The van der Waals surface area contributed by atoms with E-state index in [1.807, 2.05) is 12.3 Å². The first-order valence-electron chi connectivity index (χ1n) is 8.30. The molecule has 1 fully saturated rings. The highest BCUT2D eigenvalue weighted by Gasteiger charge is 2.25. The molecule has 0 saturated carbocycles. The van der Waals surface area contributed by atoms with Crippen LogP contribution >= 0.6 is 12.4 Å². The van der Waals surface area contributed by atoms with Gasteiger partial charge in [0, 0.05) is 37.8 Å². The quantitative estimate of drug-likeness (QED) is 0.866. The zero-order valence-corrected chi connectivity index (χ0v) is 14.6. The van der Waals surface area contributed by atoms with Gasteiger partial charge in [-0.1, -0.05) is 12.1 Å². The van der Waals surface area contributed by atoms with Crippen molar-refractivity contribution in [3.8, 4) is 0 Å². The number of benzene rings is 1. The van der Waals surface area contributed by atoms with E-state index in [9.17, 15) is 4.79 Å². The van der Waals surface area contributed by atoms with Crippen LogP contribution in [0.3, 0.4) is 0 Å². The fourth-order valence-corrected chi connectivity index (χ4v) is 3.23. The third-order valence-electron chi connectivity index (χ3n) is 4.39. The van der Waals surface area contributed by atoms with Crippen LogP contribution in [0.5, 0.6) is 0 Å². The predicted octanol–water partition coefficient (Wildman–Crippen LogP) is 1.94. The second-order valence-electron chi connectivity index (χ2n) is 6.18. The lowest BCUT2D eigenvalue weighted by Crippen LogP contribution is -2.43. The Hall–Kier alpha value is -1.69. The van der Waals surface area contributed by atoms with Crippen molar-refractivity contribution in [2.45, 2.75) is 19.4 Å². The number of nitrogens with two attached hydrogens (primary N) is 1. The Labute approximate surface area is 149 Å². The van der Waals surface area contributed by atoms with E-state index in [4.69, 9.17) is 5.73 Å². The number of rotatable bonds is 5. The summed E-state index contributed by atoms with van der Waals surface area (Å²) in [6.45, 7) is 3.80. The van der Waals surface area contributed by atoms with Crippen molar-refractivity contribution in [2.24, 2.45) is 11.7 Å². The Morgan fingerprint density at radius 1 is 1.38 bits per heavy atom. The van der Waals surface area contributed by atoms with Gasteiger partial charge in [0.1, 0.15) is 0 Å². The number of aromatic nitrogens is 1. The highest BCUT2D eigenvalue weighted by atomic mass is 35.5. The topological polar surface area (TPSA) is 71.2 Å². The molecule has 1 aliphatic rings. The number of piperidine rings is 1. The molecular formula is C18H25ClN4O. The first-order chi connectivity index (χ1) is 11.3.